The van der Waals surface area contributed by atoms with E-state index in [1.165, 1.54) is 0 Å². The second kappa shape index (κ2) is 8.25. The molecule has 5 heteroatoms. The standard InChI is InChI=1S/C14H19N3O2/c1-3-12(10-19-2)17-14(18)13-6-8-16-9-11(13)5-4-7-15/h6,8-9,12H,3,7,10,15H2,1-2H3,(H,17,18). The Morgan fingerprint density at radius 2 is 2.42 bits per heavy atom. The number of carbonyl (C=O) groups is 1. The van der Waals surface area contributed by atoms with Crippen molar-refractivity contribution in [2.24, 2.45) is 5.73 Å². The maximum atomic E-state index is 12.2. The number of carbonyl (C=O) groups excluding carboxylic acids is 1. The molecule has 0 spiro atoms. The van der Waals surface area contributed by atoms with Gasteiger partial charge in [-0.1, -0.05) is 18.8 Å². The highest BCUT2D eigenvalue weighted by molar-refractivity contribution is 5.96. The number of hydrogen-bond donors (Lipinski definition) is 2. The first kappa shape index (κ1) is 15.2. The smallest absolute Gasteiger partial charge is 0.252 e. The molecule has 19 heavy (non-hydrogen) atoms. The molecule has 0 bridgehead atoms. The number of rotatable bonds is 5. The second-order valence-corrected chi connectivity index (χ2v) is 3.96. The summed E-state index contributed by atoms with van der Waals surface area (Å²) >= 11 is 0. The third-order valence-electron chi connectivity index (χ3n) is 2.59. The van der Waals surface area contributed by atoms with Crippen molar-refractivity contribution in [1.82, 2.24) is 10.3 Å². The number of hydrogen-bond acceptors (Lipinski definition) is 4. The summed E-state index contributed by atoms with van der Waals surface area (Å²) in [5.41, 5.74) is 6.42. The molecule has 0 saturated carbocycles. The molecule has 0 saturated heterocycles. The van der Waals surface area contributed by atoms with Crippen molar-refractivity contribution < 1.29 is 9.53 Å². The van der Waals surface area contributed by atoms with Gasteiger partial charge in [0.15, 0.2) is 0 Å². The number of ether oxygens (including phenoxy) is 1. The Labute approximate surface area is 113 Å². The van der Waals surface area contributed by atoms with Gasteiger partial charge in [-0.3, -0.25) is 9.78 Å². The fourth-order valence-corrected chi connectivity index (χ4v) is 1.56. The number of nitrogens with one attached hydrogen (secondary N) is 1. The molecule has 1 rings (SSSR count). The maximum absolute atomic E-state index is 12.2. The fourth-order valence-electron chi connectivity index (χ4n) is 1.56. The highest BCUT2D eigenvalue weighted by atomic mass is 16.5. The van der Waals surface area contributed by atoms with Crippen molar-refractivity contribution in [3.05, 3.63) is 29.6 Å². The Morgan fingerprint density at radius 1 is 1.63 bits per heavy atom. The minimum Gasteiger partial charge on any atom is -0.383 e. The molecule has 1 amide bonds. The molecule has 1 aromatic rings. The summed E-state index contributed by atoms with van der Waals surface area (Å²) in [5.74, 6) is 5.40. The molecule has 102 valence electrons. The van der Waals surface area contributed by atoms with Gasteiger partial charge in [-0.25, -0.2) is 0 Å². The first-order valence-corrected chi connectivity index (χ1v) is 6.15. The summed E-state index contributed by atoms with van der Waals surface area (Å²) in [7, 11) is 1.61. The number of nitrogens with two attached hydrogens (primary N) is 1. The van der Waals surface area contributed by atoms with E-state index in [1.54, 1.807) is 25.6 Å². The minimum atomic E-state index is -0.173. The van der Waals surface area contributed by atoms with Crippen LogP contribution in [0.15, 0.2) is 18.5 Å². The predicted molar refractivity (Wildman–Crippen MR) is 73.6 cm³/mol. The van der Waals surface area contributed by atoms with Crippen molar-refractivity contribution in [2.45, 2.75) is 19.4 Å². The Balaban J connectivity index is 2.87. The highest BCUT2D eigenvalue weighted by Gasteiger charge is 2.14. The monoisotopic (exact) mass is 261 g/mol. The molecular weight excluding hydrogens is 242 g/mol. The first-order valence-electron chi connectivity index (χ1n) is 6.15. The van der Waals surface area contributed by atoms with Crippen LogP contribution in [0.5, 0.6) is 0 Å². The summed E-state index contributed by atoms with van der Waals surface area (Å²) in [6.45, 7) is 2.72. The lowest BCUT2D eigenvalue weighted by atomic mass is 10.1. The number of amides is 1. The van der Waals surface area contributed by atoms with Crippen molar-refractivity contribution in [3.63, 3.8) is 0 Å². The fraction of sp³-hybridized carbons (Fsp3) is 0.429. The van der Waals surface area contributed by atoms with Crippen LogP contribution in [0, 0.1) is 11.8 Å². The van der Waals surface area contributed by atoms with Crippen LogP contribution in [-0.2, 0) is 4.74 Å². The van der Waals surface area contributed by atoms with E-state index >= 15 is 0 Å². The van der Waals surface area contributed by atoms with E-state index in [0.29, 0.717) is 17.7 Å². The predicted octanol–water partition coefficient (Wildman–Crippen LogP) is 0.547. The summed E-state index contributed by atoms with van der Waals surface area (Å²) in [6, 6.07) is 1.64. The Bertz CT molecular complexity index is 477. The molecule has 1 aromatic heterocycles. The average molecular weight is 261 g/mol. The Kier molecular flexibility index (Phi) is 6.58. The third-order valence-corrected chi connectivity index (χ3v) is 2.59. The van der Waals surface area contributed by atoms with Crippen LogP contribution in [0.1, 0.15) is 29.3 Å². The zero-order valence-electron chi connectivity index (χ0n) is 11.3. The van der Waals surface area contributed by atoms with Crippen molar-refractivity contribution in [1.29, 1.82) is 0 Å². The van der Waals surface area contributed by atoms with Gasteiger partial charge in [-0.05, 0) is 12.5 Å². The maximum Gasteiger partial charge on any atom is 0.252 e. The lowest BCUT2D eigenvalue weighted by Gasteiger charge is -2.16. The largest absolute Gasteiger partial charge is 0.383 e. The van der Waals surface area contributed by atoms with Gasteiger partial charge in [0, 0.05) is 19.5 Å². The van der Waals surface area contributed by atoms with Gasteiger partial charge < -0.3 is 15.8 Å². The Morgan fingerprint density at radius 3 is 3.05 bits per heavy atom. The van der Waals surface area contributed by atoms with Crippen LogP contribution in [0.3, 0.4) is 0 Å². The molecule has 1 heterocycles. The molecule has 1 unspecified atom stereocenters. The SMILES string of the molecule is CCC(COC)NC(=O)c1ccncc1C#CCN. The summed E-state index contributed by atoms with van der Waals surface area (Å²) in [5, 5.41) is 2.91. The van der Waals surface area contributed by atoms with E-state index in [-0.39, 0.29) is 18.5 Å². The van der Waals surface area contributed by atoms with E-state index in [0.717, 1.165) is 6.42 Å². The molecule has 0 aliphatic carbocycles. The topological polar surface area (TPSA) is 77.2 Å². The molecule has 0 aromatic carbocycles. The molecule has 0 aliphatic heterocycles. The van der Waals surface area contributed by atoms with Crippen LogP contribution in [-0.4, -0.2) is 37.2 Å². The number of methoxy groups -OCH3 is 1. The molecule has 5 nitrogen and oxygen atoms in total. The normalized spacial score (nSPS) is 11.3. The number of nitrogens with zero attached hydrogens (tertiary/aromatic N) is 1. The number of aromatic nitrogens is 1. The summed E-state index contributed by atoms with van der Waals surface area (Å²) in [4.78, 5) is 16.1. The van der Waals surface area contributed by atoms with Crippen LogP contribution >= 0.6 is 0 Å². The summed E-state index contributed by atoms with van der Waals surface area (Å²) < 4.78 is 5.06. The van der Waals surface area contributed by atoms with Gasteiger partial charge in [0.2, 0.25) is 0 Å². The number of pyridine rings is 1. The molecule has 3 N–H and O–H groups in total. The lowest BCUT2D eigenvalue weighted by Crippen LogP contribution is -2.37. The van der Waals surface area contributed by atoms with Crippen LogP contribution in [0.4, 0.5) is 0 Å². The molecule has 0 radical (unpaired) electrons. The van der Waals surface area contributed by atoms with Gasteiger partial charge in [-0.2, -0.15) is 0 Å². The lowest BCUT2D eigenvalue weighted by molar-refractivity contribution is 0.0894. The van der Waals surface area contributed by atoms with Gasteiger partial charge in [0.05, 0.1) is 30.3 Å². The molecule has 0 fully saturated rings. The van der Waals surface area contributed by atoms with Crippen LogP contribution < -0.4 is 11.1 Å². The van der Waals surface area contributed by atoms with Gasteiger partial charge in [0.25, 0.3) is 5.91 Å². The van der Waals surface area contributed by atoms with Gasteiger partial charge in [-0.15, -0.1) is 0 Å². The Hall–Kier alpha value is -1.90. The zero-order chi connectivity index (χ0) is 14.1. The van der Waals surface area contributed by atoms with E-state index < -0.39 is 0 Å². The molecule has 0 aliphatic rings. The zero-order valence-corrected chi connectivity index (χ0v) is 11.3. The van der Waals surface area contributed by atoms with Crippen molar-refractivity contribution in [3.8, 4) is 11.8 Å². The molecule has 1 atom stereocenters. The van der Waals surface area contributed by atoms with E-state index in [2.05, 4.69) is 22.1 Å². The van der Waals surface area contributed by atoms with E-state index in [9.17, 15) is 4.79 Å². The highest BCUT2D eigenvalue weighted by Crippen LogP contribution is 2.06. The second-order valence-electron chi connectivity index (χ2n) is 3.96. The molecular formula is C14H19N3O2. The summed E-state index contributed by atoms with van der Waals surface area (Å²) in [6.07, 6.45) is 3.93. The van der Waals surface area contributed by atoms with Gasteiger partial charge in [0.1, 0.15) is 0 Å². The van der Waals surface area contributed by atoms with Crippen LogP contribution in [0.25, 0.3) is 0 Å². The first-order chi connectivity index (χ1) is 9.22. The van der Waals surface area contributed by atoms with E-state index in [1.807, 2.05) is 6.92 Å². The van der Waals surface area contributed by atoms with Crippen LogP contribution in [0.2, 0.25) is 0 Å². The van der Waals surface area contributed by atoms with E-state index in [4.69, 9.17) is 10.5 Å². The van der Waals surface area contributed by atoms with Crippen molar-refractivity contribution >= 4 is 5.91 Å². The average Bonchev–Trinajstić information content (AvgIpc) is 2.44. The third kappa shape index (κ3) is 4.70. The quantitative estimate of drug-likeness (QED) is 0.759. The van der Waals surface area contributed by atoms with Gasteiger partial charge >= 0.3 is 0 Å². The van der Waals surface area contributed by atoms with Crippen molar-refractivity contribution in [2.75, 3.05) is 20.3 Å². The minimum absolute atomic E-state index is 0.0130.